The van der Waals surface area contributed by atoms with E-state index in [1.54, 1.807) is 0 Å². The molecule has 2 aromatic carbocycles. The van der Waals surface area contributed by atoms with E-state index in [0.29, 0.717) is 19.0 Å². The molecule has 0 heterocycles. The maximum Gasteiger partial charge on any atom is 0.184 e. The molecule has 4 nitrogen and oxygen atoms in total. The molecule has 0 spiro atoms. The Hall–Kier alpha value is -2.17. The van der Waals surface area contributed by atoms with Crippen LogP contribution >= 0.6 is 0 Å². The number of hydrogen-bond acceptors (Lipinski definition) is 4. The Morgan fingerprint density at radius 2 is 1.72 bits per heavy atom. The number of nitrogens with zero attached hydrogens (tertiary/aromatic N) is 1. The fourth-order valence-corrected chi connectivity index (χ4v) is 2.56. The average molecular weight is 340 g/mol. The van der Waals surface area contributed by atoms with Gasteiger partial charge in [-0.05, 0) is 51.8 Å². The Morgan fingerprint density at radius 3 is 2.36 bits per heavy atom. The van der Waals surface area contributed by atoms with Crippen molar-refractivity contribution in [2.75, 3.05) is 13.2 Å². The van der Waals surface area contributed by atoms with E-state index in [1.807, 2.05) is 65.0 Å². The van der Waals surface area contributed by atoms with Crippen LogP contribution in [0.3, 0.4) is 0 Å². The van der Waals surface area contributed by atoms with Crippen LogP contribution in [0.2, 0.25) is 0 Å². The molecule has 0 aliphatic heterocycles. The number of rotatable bonds is 8. The van der Waals surface area contributed by atoms with Crippen molar-refractivity contribution in [1.82, 2.24) is 0 Å². The van der Waals surface area contributed by atoms with Crippen molar-refractivity contribution in [3.8, 4) is 16.9 Å². The van der Waals surface area contributed by atoms with Crippen LogP contribution in [0.4, 0.5) is 0 Å². The Morgan fingerprint density at radius 1 is 1.04 bits per heavy atom. The van der Waals surface area contributed by atoms with Crippen LogP contribution in [-0.2, 0) is 9.47 Å². The maximum atomic E-state index is 5.80. The first-order valence-electron chi connectivity index (χ1n) is 8.60. The van der Waals surface area contributed by atoms with Gasteiger partial charge in [-0.15, -0.1) is 0 Å². The second-order valence-corrected chi connectivity index (χ2v) is 5.81. The highest BCUT2D eigenvalue weighted by atomic mass is 16.7. The monoisotopic (exact) mass is 340 g/mol. The fourth-order valence-electron chi connectivity index (χ4n) is 2.56. The molecule has 0 fully saturated rings. The van der Waals surface area contributed by atoms with E-state index in [0.717, 1.165) is 28.0 Å². The molecule has 1 radical (unpaired) electrons. The molecule has 0 aliphatic rings. The summed E-state index contributed by atoms with van der Waals surface area (Å²) in [4.78, 5) is 5.53. The van der Waals surface area contributed by atoms with Gasteiger partial charge in [0.2, 0.25) is 0 Å². The van der Waals surface area contributed by atoms with Gasteiger partial charge in [-0.3, -0.25) is 0 Å². The molecule has 0 amide bonds. The van der Waals surface area contributed by atoms with E-state index in [9.17, 15) is 0 Å². The third-order valence-electron chi connectivity index (χ3n) is 3.67. The zero-order valence-corrected chi connectivity index (χ0v) is 15.6. The zero-order valence-electron chi connectivity index (χ0n) is 15.6. The molecule has 0 saturated heterocycles. The first-order chi connectivity index (χ1) is 12.1. The highest BCUT2D eigenvalue weighted by Crippen LogP contribution is 2.35. The molecule has 4 heteroatoms. The molecule has 0 saturated carbocycles. The van der Waals surface area contributed by atoms with Gasteiger partial charge in [0.15, 0.2) is 12.0 Å². The third-order valence-corrected chi connectivity index (χ3v) is 3.67. The lowest BCUT2D eigenvalue weighted by Crippen LogP contribution is -2.10. The largest absolute Gasteiger partial charge is 0.356 e. The summed E-state index contributed by atoms with van der Waals surface area (Å²) in [5, 5.41) is 4.04. The molecule has 2 rings (SSSR count). The van der Waals surface area contributed by atoms with Gasteiger partial charge in [-0.1, -0.05) is 35.5 Å². The van der Waals surface area contributed by atoms with Gasteiger partial charge < -0.3 is 14.3 Å². The van der Waals surface area contributed by atoms with Crippen LogP contribution < -0.4 is 4.84 Å². The Labute approximate surface area is 150 Å². The second-order valence-electron chi connectivity index (χ2n) is 5.81. The van der Waals surface area contributed by atoms with Crippen molar-refractivity contribution in [2.24, 2.45) is 5.16 Å². The molecule has 133 valence electrons. The first kappa shape index (κ1) is 19.2. The van der Waals surface area contributed by atoms with Gasteiger partial charge in [0, 0.05) is 30.4 Å². The predicted octanol–water partition coefficient (Wildman–Crippen LogP) is 5.31. The SMILES string of the molecule is CCOC(OCC)c1ccccc1-c1cc[c]c(ON=C(C)C)c1C. The Bertz CT molecular complexity index is 715. The van der Waals surface area contributed by atoms with Crippen molar-refractivity contribution >= 4 is 5.71 Å². The summed E-state index contributed by atoms with van der Waals surface area (Å²) < 4.78 is 11.6. The minimum Gasteiger partial charge on any atom is -0.356 e. The molecule has 2 aromatic rings. The summed E-state index contributed by atoms with van der Waals surface area (Å²) >= 11 is 0. The van der Waals surface area contributed by atoms with Crippen molar-refractivity contribution in [3.63, 3.8) is 0 Å². The summed E-state index contributed by atoms with van der Waals surface area (Å²) in [6.45, 7) is 10.9. The first-order valence-corrected chi connectivity index (χ1v) is 8.60. The standard InChI is InChI=1S/C21H26NO3/c1-6-23-21(24-7-2)19-12-9-8-11-18(19)17-13-10-14-20(16(17)5)25-22-15(3)4/h8-13,21H,6-7H2,1-5H3. The van der Waals surface area contributed by atoms with E-state index < -0.39 is 6.29 Å². The molecule has 25 heavy (non-hydrogen) atoms. The summed E-state index contributed by atoms with van der Waals surface area (Å²) in [6, 6.07) is 15.1. The zero-order chi connectivity index (χ0) is 18.2. The van der Waals surface area contributed by atoms with Gasteiger partial charge in [-0.2, -0.15) is 0 Å². The minimum absolute atomic E-state index is 0.393. The molecule has 0 N–H and O–H groups in total. The molecule has 0 aromatic heterocycles. The molecule has 0 unspecified atom stereocenters. The Balaban J connectivity index is 2.48. The van der Waals surface area contributed by atoms with E-state index in [4.69, 9.17) is 14.3 Å². The van der Waals surface area contributed by atoms with Gasteiger partial charge in [-0.25, -0.2) is 0 Å². The molecular formula is C21H26NO3. The van der Waals surface area contributed by atoms with E-state index in [-0.39, 0.29) is 0 Å². The summed E-state index contributed by atoms with van der Waals surface area (Å²) in [6.07, 6.45) is -0.393. The van der Waals surface area contributed by atoms with Crippen molar-refractivity contribution < 1.29 is 14.3 Å². The normalized spacial score (nSPS) is 10.8. The van der Waals surface area contributed by atoms with Crippen LogP contribution in [0.15, 0.2) is 41.6 Å². The van der Waals surface area contributed by atoms with Crippen LogP contribution in [-0.4, -0.2) is 18.9 Å². The van der Waals surface area contributed by atoms with E-state index in [1.165, 1.54) is 0 Å². The third kappa shape index (κ3) is 4.91. The summed E-state index contributed by atoms with van der Waals surface area (Å²) in [7, 11) is 0. The fraction of sp³-hybridized carbons (Fsp3) is 0.381. The van der Waals surface area contributed by atoms with Gasteiger partial charge in [0.1, 0.15) is 0 Å². The van der Waals surface area contributed by atoms with Crippen molar-refractivity contribution in [2.45, 2.75) is 40.9 Å². The van der Waals surface area contributed by atoms with Crippen LogP contribution in [0.5, 0.6) is 5.75 Å². The molecule has 0 aliphatic carbocycles. The lowest BCUT2D eigenvalue weighted by molar-refractivity contribution is -0.139. The van der Waals surface area contributed by atoms with Crippen LogP contribution in [0, 0.1) is 13.0 Å². The van der Waals surface area contributed by atoms with Gasteiger partial charge >= 0.3 is 0 Å². The molecular weight excluding hydrogens is 314 g/mol. The predicted molar refractivity (Wildman–Crippen MR) is 101 cm³/mol. The number of benzene rings is 2. The van der Waals surface area contributed by atoms with Crippen LogP contribution in [0.25, 0.3) is 11.1 Å². The summed E-state index contributed by atoms with van der Waals surface area (Å²) in [5.74, 6) is 0.623. The van der Waals surface area contributed by atoms with Gasteiger partial charge in [0.25, 0.3) is 0 Å². The lowest BCUT2D eigenvalue weighted by Gasteiger charge is -2.21. The Kier molecular flexibility index (Phi) is 7.16. The highest BCUT2D eigenvalue weighted by molar-refractivity contribution is 5.78. The van der Waals surface area contributed by atoms with Crippen LogP contribution in [0.1, 0.15) is 45.1 Å². The smallest absolute Gasteiger partial charge is 0.184 e. The molecule has 0 atom stereocenters. The average Bonchev–Trinajstić information content (AvgIpc) is 2.61. The quantitative estimate of drug-likeness (QED) is 0.371. The highest BCUT2D eigenvalue weighted by Gasteiger charge is 2.18. The van der Waals surface area contributed by atoms with E-state index in [2.05, 4.69) is 17.3 Å². The van der Waals surface area contributed by atoms with Gasteiger partial charge in [0.05, 0.1) is 5.71 Å². The van der Waals surface area contributed by atoms with Crippen molar-refractivity contribution in [3.05, 3.63) is 53.6 Å². The van der Waals surface area contributed by atoms with Crippen molar-refractivity contribution in [1.29, 1.82) is 0 Å². The minimum atomic E-state index is -0.393. The molecule has 0 bridgehead atoms. The van der Waals surface area contributed by atoms with E-state index >= 15 is 0 Å². The summed E-state index contributed by atoms with van der Waals surface area (Å²) in [5.41, 5.74) is 4.94. The number of hydrogen-bond donors (Lipinski definition) is 0. The second kappa shape index (κ2) is 9.35. The number of ether oxygens (including phenoxy) is 2. The maximum absolute atomic E-state index is 5.80. The topological polar surface area (TPSA) is 40.0 Å². The lowest BCUT2D eigenvalue weighted by atomic mass is 9.95. The number of oxime groups is 1.